The van der Waals surface area contributed by atoms with Crippen molar-refractivity contribution in [3.8, 4) is 0 Å². The molecule has 1 aromatic rings. The maximum Gasteiger partial charge on any atom is 0.322 e. The summed E-state index contributed by atoms with van der Waals surface area (Å²) in [4.78, 5) is 66.1. The van der Waals surface area contributed by atoms with Gasteiger partial charge >= 0.3 is 17.9 Å². The number of carboxylic acids is 2. The van der Waals surface area contributed by atoms with Crippen LogP contribution in [0.4, 0.5) is 0 Å². The van der Waals surface area contributed by atoms with Gasteiger partial charge in [0.05, 0.1) is 5.25 Å². The molecule has 13 nitrogen and oxygen atoms in total. The van der Waals surface area contributed by atoms with E-state index in [1.54, 1.807) is 19.4 Å². The molecule has 0 aromatic carbocycles. The number of nitrogens with one attached hydrogen (secondary N) is 4. The lowest BCUT2D eigenvalue weighted by atomic mass is 9.74. The van der Waals surface area contributed by atoms with Crippen molar-refractivity contribution in [3.05, 3.63) is 53.1 Å². The molecule has 0 saturated carbocycles. The quantitative estimate of drug-likeness (QED) is 0.0853. The highest BCUT2D eigenvalue weighted by atomic mass is 32.2. The zero-order valence-corrected chi connectivity index (χ0v) is 27.5. The number of nitrogens with zero attached hydrogens (tertiary/aromatic N) is 1. The Bertz CT molecular complexity index is 1350. The van der Waals surface area contributed by atoms with E-state index in [2.05, 4.69) is 26.3 Å². The highest BCUT2D eigenvalue weighted by Gasteiger charge is 2.44. The Morgan fingerprint density at radius 1 is 1.06 bits per heavy atom. The van der Waals surface area contributed by atoms with Crippen molar-refractivity contribution in [2.75, 3.05) is 26.0 Å². The van der Waals surface area contributed by atoms with Gasteiger partial charge in [-0.3, -0.25) is 34.3 Å². The van der Waals surface area contributed by atoms with Crippen LogP contribution < -0.4 is 21.3 Å². The van der Waals surface area contributed by atoms with Crippen molar-refractivity contribution in [2.45, 2.75) is 81.5 Å². The Labute approximate surface area is 278 Å². The van der Waals surface area contributed by atoms with Crippen LogP contribution in [0.25, 0.3) is 0 Å². The second-order valence-corrected chi connectivity index (χ2v) is 13.4. The smallest absolute Gasteiger partial charge is 0.322 e. The van der Waals surface area contributed by atoms with Crippen molar-refractivity contribution in [1.29, 1.82) is 0 Å². The molecule has 1 aromatic heterocycles. The number of carbonyl (C=O) groups is 5. The first-order valence-electron chi connectivity index (χ1n) is 16.2. The zero-order chi connectivity index (χ0) is 33.8. The van der Waals surface area contributed by atoms with Gasteiger partial charge < -0.3 is 30.9 Å². The van der Waals surface area contributed by atoms with E-state index in [9.17, 15) is 29.1 Å². The Morgan fingerprint density at radius 3 is 2.51 bits per heavy atom. The van der Waals surface area contributed by atoms with E-state index in [0.717, 1.165) is 62.5 Å². The zero-order valence-electron chi connectivity index (χ0n) is 26.7. The fourth-order valence-electron chi connectivity index (χ4n) is 6.38. The molecule has 0 radical (unpaired) electrons. The standard InChI is InChI=1S/C33H45N5O8S/c1-34-19-37-24(32(43)44)8-9-27(39)38-25(31(42)36-17-28(40)41)18-47-26-7-5-3-2-4-6-22-15-21(14-20-10-12-35-13-11-20)16-23-29(22)30(26)46-33(23)45/h10-13,16,22-26,34,37H,2-9,14-15,17-19H2,1H3,(H,36,42)(H,38,39)(H,40,41)(H,43,44)/t22-,23+,24+,25+,26+/m1/s1. The molecule has 1 aliphatic heterocycles. The second-order valence-electron chi connectivity index (χ2n) is 12.2. The van der Waals surface area contributed by atoms with Crippen LogP contribution in [0.5, 0.6) is 0 Å². The molecule has 0 spiro atoms. The van der Waals surface area contributed by atoms with Gasteiger partial charge in [0.1, 0.15) is 30.3 Å². The van der Waals surface area contributed by atoms with E-state index in [1.165, 1.54) is 17.3 Å². The fraction of sp³-hybridized carbons (Fsp3) is 0.576. The number of amides is 2. The summed E-state index contributed by atoms with van der Waals surface area (Å²) >= 11 is 1.41. The summed E-state index contributed by atoms with van der Waals surface area (Å²) in [6, 6.07) is 1.92. The topological polar surface area (TPSA) is 196 Å². The Balaban J connectivity index is 1.51. The van der Waals surface area contributed by atoms with E-state index in [0.29, 0.717) is 5.76 Å². The number of carboxylic acid groups (broad SMARTS) is 2. The van der Waals surface area contributed by atoms with Crippen LogP contribution in [0, 0.1) is 11.8 Å². The van der Waals surface area contributed by atoms with Crippen LogP contribution in [-0.4, -0.2) is 88.3 Å². The summed E-state index contributed by atoms with van der Waals surface area (Å²) in [5.74, 6) is -3.32. The number of carbonyl (C=O) groups excluding carboxylic acids is 3. The minimum atomic E-state index is -1.22. The molecule has 4 rings (SSSR count). The van der Waals surface area contributed by atoms with E-state index in [4.69, 9.17) is 9.84 Å². The van der Waals surface area contributed by atoms with Crippen molar-refractivity contribution in [2.24, 2.45) is 11.8 Å². The first-order valence-corrected chi connectivity index (χ1v) is 17.3. The minimum absolute atomic E-state index is 0.00623. The van der Waals surface area contributed by atoms with Gasteiger partial charge in [-0.25, -0.2) is 0 Å². The molecule has 0 bridgehead atoms. The maximum absolute atomic E-state index is 13.3. The lowest BCUT2D eigenvalue weighted by Crippen LogP contribution is -2.50. The van der Waals surface area contributed by atoms with E-state index < -0.39 is 48.3 Å². The van der Waals surface area contributed by atoms with Gasteiger partial charge in [-0.1, -0.05) is 37.3 Å². The molecule has 256 valence electrons. The lowest BCUT2D eigenvalue weighted by Gasteiger charge is -2.30. The monoisotopic (exact) mass is 671 g/mol. The molecule has 14 heteroatoms. The number of aromatic nitrogens is 1. The van der Waals surface area contributed by atoms with Crippen molar-refractivity contribution in [1.82, 2.24) is 26.3 Å². The van der Waals surface area contributed by atoms with Crippen LogP contribution in [0.2, 0.25) is 0 Å². The van der Waals surface area contributed by atoms with Gasteiger partial charge in [0, 0.05) is 31.2 Å². The van der Waals surface area contributed by atoms with Gasteiger partial charge in [-0.15, -0.1) is 11.8 Å². The molecule has 0 unspecified atom stereocenters. The highest BCUT2D eigenvalue weighted by Crippen LogP contribution is 2.47. The van der Waals surface area contributed by atoms with E-state index in [1.807, 2.05) is 18.2 Å². The van der Waals surface area contributed by atoms with Gasteiger partial charge in [0.25, 0.3) is 0 Å². The van der Waals surface area contributed by atoms with Gasteiger partial charge in [-0.05, 0) is 68.3 Å². The molecule has 0 saturated heterocycles. The van der Waals surface area contributed by atoms with Crippen LogP contribution in [0.3, 0.4) is 0 Å². The van der Waals surface area contributed by atoms with E-state index in [-0.39, 0.29) is 42.4 Å². The summed E-state index contributed by atoms with van der Waals surface area (Å²) in [6.07, 6.45) is 12.7. The average molecular weight is 672 g/mol. The number of thioether (sulfide) groups is 1. The third-order valence-electron chi connectivity index (χ3n) is 8.69. The van der Waals surface area contributed by atoms with Crippen molar-refractivity contribution in [3.63, 3.8) is 0 Å². The number of hydrogen-bond donors (Lipinski definition) is 6. The SMILES string of the molecule is CNCN[C@@H](CCC(=O)N[C@@H](CS[C@H]1CCCCCC[C@@H]2CC(Cc3ccncc3)=C[C@@H]3C(=O)OC1=C23)C(=O)NCC(=O)O)C(=O)O. The molecule has 5 atom stereocenters. The maximum atomic E-state index is 13.3. The van der Waals surface area contributed by atoms with Crippen LogP contribution in [-0.2, 0) is 35.1 Å². The number of aliphatic carboxylic acids is 2. The normalized spacial score (nSPS) is 22.3. The number of pyridine rings is 1. The highest BCUT2D eigenvalue weighted by molar-refractivity contribution is 8.00. The Kier molecular flexibility index (Phi) is 13.8. The van der Waals surface area contributed by atoms with Crippen molar-refractivity contribution >= 4 is 41.5 Å². The minimum Gasteiger partial charge on any atom is -0.480 e. The molecule has 2 aliphatic carbocycles. The van der Waals surface area contributed by atoms with E-state index >= 15 is 0 Å². The van der Waals surface area contributed by atoms with Gasteiger partial charge in [0.2, 0.25) is 11.8 Å². The van der Waals surface area contributed by atoms with Crippen LogP contribution in [0.1, 0.15) is 63.4 Å². The summed E-state index contributed by atoms with van der Waals surface area (Å²) < 4.78 is 6.03. The third-order valence-corrected chi connectivity index (χ3v) is 10.1. The van der Waals surface area contributed by atoms with Gasteiger partial charge in [-0.2, -0.15) is 0 Å². The predicted octanol–water partition coefficient (Wildman–Crippen LogP) is 2.14. The second kappa shape index (κ2) is 18.0. The largest absolute Gasteiger partial charge is 0.480 e. The van der Waals surface area contributed by atoms with Gasteiger partial charge in [0.15, 0.2) is 0 Å². The van der Waals surface area contributed by atoms with Crippen LogP contribution in [0.15, 0.2) is 47.5 Å². The lowest BCUT2D eigenvalue weighted by molar-refractivity contribution is -0.140. The molecule has 47 heavy (non-hydrogen) atoms. The predicted molar refractivity (Wildman–Crippen MR) is 175 cm³/mol. The molecule has 2 amide bonds. The average Bonchev–Trinajstić information content (AvgIpc) is 3.38. The molecular weight excluding hydrogens is 626 g/mol. The summed E-state index contributed by atoms with van der Waals surface area (Å²) in [5, 5.41) is 28.9. The number of hydrogen-bond acceptors (Lipinski definition) is 10. The fourth-order valence-corrected chi connectivity index (χ4v) is 7.71. The Hall–Kier alpha value is -3.75. The number of rotatable bonds is 16. The number of ether oxygens (including phenoxy) is 1. The number of esters is 1. The summed E-state index contributed by atoms with van der Waals surface area (Å²) in [5.41, 5.74) is 3.37. The first-order chi connectivity index (χ1) is 22.7. The molecular formula is C33H45N5O8S. The molecule has 2 heterocycles. The van der Waals surface area contributed by atoms with Crippen LogP contribution >= 0.6 is 11.8 Å². The first kappa shape index (κ1) is 36.1. The molecule has 3 aliphatic rings. The molecule has 6 N–H and O–H groups in total. The van der Waals surface area contributed by atoms with Crippen molar-refractivity contribution < 1.29 is 38.9 Å². The Morgan fingerprint density at radius 2 is 1.81 bits per heavy atom. The summed E-state index contributed by atoms with van der Waals surface area (Å²) in [7, 11) is 1.66. The summed E-state index contributed by atoms with van der Waals surface area (Å²) in [6.45, 7) is -0.373. The number of allylic oxidation sites excluding steroid dienone is 1. The third kappa shape index (κ3) is 10.6. The molecule has 0 fully saturated rings.